The number of amides is 6. The number of carbonyl (C=O) groups excluding carboxylic acids is 8. The van der Waals surface area contributed by atoms with Crippen LogP contribution in [-0.2, 0) is 66.8 Å². The highest BCUT2D eigenvalue weighted by Gasteiger charge is 2.45. The van der Waals surface area contributed by atoms with Gasteiger partial charge in [0.2, 0.25) is 35.4 Å². The van der Waals surface area contributed by atoms with E-state index in [0.29, 0.717) is 57.9 Å². The lowest BCUT2D eigenvalue weighted by Crippen LogP contribution is -2.57. The number of ketones is 2. The average molecular weight is 1270 g/mol. The number of likely N-dealkylation sites (tertiary alicyclic amines) is 1. The second-order valence-corrected chi connectivity index (χ2v) is 23.3. The molecule has 0 aliphatic carbocycles. The minimum atomic E-state index is -1.55. The first kappa shape index (κ1) is 75.9. The Morgan fingerprint density at radius 2 is 0.943 bits per heavy atom. The van der Waals surface area contributed by atoms with Crippen molar-refractivity contribution in [3.8, 4) is 0 Å². The Labute approximate surface area is 513 Å². The van der Waals surface area contributed by atoms with Gasteiger partial charge < -0.3 is 112 Å². The average Bonchev–Trinajstić information content (AvgIpc) is 1.69. The Morgan fingerprint density at radius 1 is 0.500 bits per heavy atom. The minimum absolute atomic E-state index is 0.00100. The second kappa shape index (κ2) is 39.7. The van der Waals surface area contributed by atoms with Crippen molar-refractivity contribution < 1.29 is 113 Å². The van der Waals surface area contributed by atoms with Crippen molar-refractivity contribution in [2.75, 3.05) is 85.3 Å². The number of Topliss-reactive ketones (excluding diaryl/α,β-unsaturated/α-hetero) is 2. The van der Waals surface area contributed by atoms with E-state index in [1.807, 2.05) is 0 Å². The molecule has 4 rings (SSSR count). The number of piperidine rings is 1. The van der Waals surface area contributed by atoms with Crippen LogP contribution in [0.2, 0.25) is 0 Å². The zero-order chi connectivity index (χ0) is 65.0. The number of hydrogen-bond donors (Lipinski definition) is 15. The van der Waals surface area contributed by atoms with E-state index in [0.717, 1.165) is 6.42 Å². The number of aliphatic hydroxyl groups excluding tert-OH is 9. The number of hydrogen-bond acceptors (Lipinski definition) is 25. The molecule has 31 nitrogen and oxygen atoms in total. The van der Waals surface area contributed by atoms with E-state index in [9.17, 15) is 84.3 Å². The summed E-state index contributed by atoms with van der Waals surface area (Å²) >= 11 is 0. The van der Waals surface area contributed by atoms with Crippen LogP contribution in [-0.4, -0.2) is 286 Å². The summed E-state index contributed by atoms with van der Waals surface area (Å²) in [6, 6.07) is -0.571. The largest absolute Gasteiger partial charge is 0.388 e. The van der Waals surface area contributed by atoms with Gasteiger partial charge in [0.25, 0.3) is 0 Å². The van der Waals surface area contributed by atoms with Crippen LogP contribution in [0, 0.1) is 11.8 Å². The normalized spacial score (nSPS) is 30.3. The van der Waals surface area contributed by atoms with E-state index in [4.69, 9.17) is 34.2 Å². The molecule has 3 unspecified atom stereocenters. The summed E-state index contributed by atoms with van der Waals surface area (Å²) in [5.41, 5.74) is 5.55. The smallest absolute Gasteiger partial charge is 0.234 e. The summed E-state index contributed by atoms with van der Waals surface area (Å²) in [6.07, 6.45) is -14.1. The fourth-order valence-electron chi connectivity index (χ4n) is 10.5. The van der Waals surface area contributed by atoms with Crippen LogP contribution in [0.5, 0.6) is 0 Å². The predicted molar refractivity (Wildman–Crippen MR) is 308 cm³/mol. The molecule has 31 heteroatoms. The SMILES string of the molecule is CC(=O)[C@H](CCCCN)NC(=O)CCCCCNC(=O)CN(CC(=O)NCCCCCC(=O)N1CC(C(=O)CCCO[C@@H]2O[C@@H](C)[C@@H](O)[C@@H](O)[C@@H]2O)CC(C(=O)NCCO[C@@H]2O[C@@H](C)[C@@H](O)[C@@H](O)[C@@H]2O)C1)CC(=O)NCCOC1O[C@@H](C)[C@@H](O)[C@@H](O)[C@@H]1O. The van der Waals surface area contributed by atoms with Crippen molar-refractivity contribution in [2.45, 2.75) is 216 Å². The van der Waals surface area contributed by atoms with Gasteiger partial charge in [-0.2, -0.15) is 0 Å². The van der Waals surface area contributed by atoms with Crippen molar-refractivity contribution in [2.24, 2.45) is 17.6 Å². The number of carbonyl (C=O) groups is 8. The zero-order valence-electron chi connectivity index (χ0n) is 51.2. The lowest BCUT2D eigenvalue weighted by Gasteiger charge is -2.39. The number of rotatable bonds is 39. The van der Waals surface area contributed by atoms with Crippen LogP contribution in [0.3, 0.4) is 0 Å². The first-order valence-corrected chi connectivity index (χ1v) is 30.9. The van der Waals surface area contributed by atoms with E-state index in [1.165, 1.54) is 37.5 Å². The van der Waals surface area contributed by atoms with Gasteiger partial charge in [-0.1, -0.05) is 12.8 Å². The molecule has 4 aliphatic heterocycles. The molecule has 0 spiro atoms. The molecule has 4 saturated heterocycles. The van der Waals surface area contributed by atoms with E-state index in [-0.39, 0.29) is 134 Å². The Hall–Kier alpha value is -4.52. The Kier molecular flexibility index (Phi) is 34.2. The Morgan fingerprint density at radius 3 is 1.42 bits per heavy atom. The quantitative estimate of drug-likeness (QED) is 0.0255. The predicted octanol–water partition coefficient (Wildman–Crippen LogP) is -5.58. The molecule has 18 atom stereocenters. The molecule has 88 heavy (non-hydrogen) atoms. The van der Waals surface area contributed by atoms with Crippen LogP contribution in [0.15, 0.2) is 0 Å². The summed E-state index contributed by atoms with van der Waals surface area (Å²) in [5, 5.41) is 105. The van der Waals surface area contributed by atoms with E-state index in [1.54, 1.807) is 0 Å². The molecule has 0 saturated carbocycles. The number of nitrogens with one attached hydrogen (secondary N) is 5. The van der Waals surface area contributed by atoms with E-state index >= 15 is 0 Å². The lowest BCUT2D eigenvalue weighted by atomic mass is 9.84. The number of nitrogens with zero attached hydrogens (tertiary/aromatic N) is 2. The third-order valence-electron chi connectivity index (χ3n) is 16.0. The maximum absolute atomic E-state index is 13.8. The molecule has 0 aromatic rings. The molecule has 0 aromatic carbocycles. The van der Waals surface area contributed by atoms with Crippen molar-refractivity contribution >= 4 is 47.0 Å². The fourth-order valence-corrected chi connectivity index (χ4v) is 10.5. The zero-order valence-corrected chi connectivity index (χ0v) is 51.2. The van der Waals surface area contributed by atoms with E-state index < -0.39 is 134 Å². The molecule has 0 bridgehead atoms. The summed E-state index contributed by atoms with van der Waals surface area (Å²) < 4.78 is 33.0. The molecule has 4 aliphatic rings. The first-order valence-electron chi connectivity index (χ1n) is 30.9. The standard InChI is InChI=1S/C57H100N8O23/c1-32(66)38(14-9-10-18-58)63-40(68)16-7-5-11-19-59-41(69)29-64(31-43(71)61-21-24-84-56-52(80)49(77)46(74)34(3)87-56)30-42(70)60-20-12-6-8-17-44(72)65-27-36(39(67)15-13-23-83-55-51(79)48(76)45(73)33(2)86-55)26-37(28-65)54(82)62-22-25-85-57-53(81)50(78)47(75)35(4)88-57/h33-38,45-53,55-57,73-81H,5-31,58H2,1-4H3,(H,59,69)(H,60,70)(H,61,71)(H,62,82)(H,63,68)/t33-,34-,35-,36?,37?,38-,45+,46+,47+,48+,49+,50+,51-,52-,53-,55+,56?,57+/m0/s1. The summed E-state index contributed by atoms with van der Waals surface area (Å²) in [6.45, 7) is 5.27. The van der Waals surface area contributed by atoms with Crippen LogP contribution in [0.1, 0.15) is 118 Å². The number of aliphatic hydroxyl groups is 9. The first-order chi connectivity index (χ1) is 41.8. The molecule has 4 fully saturated rings. The lowest BCUT2D eigenvalue weighted by molar-refractivity contribution is -0.293. The molecule has 6 amide bonds. The molecule has 16 N–H and O–H groups in total. The van der Waals surface area contributed by atoms with Crippen LogP contribution in [0.25, 0.3) is 0 Å². The topological polar surface area (TPSA) is 467 Å². The third-order valence-corrected chi connectivity index (χ3v) is 16.0. The van der Waals surface area contributed by atoms with E-state index in [2.05, 4.69) is 26.6 Å². The molecule has 0 radical (unpaired) electrons. The summed E-state index contributed by atoms with van der Waals surface area (Å²) in [7, 11) is 0. The molecule has 4 heterocycles. The highest BCUT2D eigenvalue weighted by molar-refractivity contribution is 5.88. The van der Waals surface area contributed by atoms with Gasteiger partial charge in [-0.25, -0.2) is 0 Å². The molecule has 506 valence electrons. The highest BCUT2D eigenvalue weighted by atomic mass is 16.7. The number of ether oxygens (including phenoxy) is 6. The van der Waals surface area contributed by atoms with Crippen LogP contribution >= 0.6 is 0 Å². The molecular formula is C57H100N8O23. The van der Waals surface area contributed by atoms with Gasteiger partial charge in [-0.05, 0) is 92.0 Å². The number of nitrogens with two attached hydrogens (primary N) is 1. The van der Waals surface area contributed by atoms with Crippen molar-refractivity contribution in [1.29, 1.82) is 0 Å². The maximum atomic E-state index is 13.8. The highest BCUT2D eigenvalue weighted by Crippen LogP contribution is 2.28. The van der Waals surface area contributed by atoms with Gasteiger partial charge >= 0.3 is 0 Å². The van der Waals surface area contributed by atoms with Gasteiger partial charge in [0.1, 0.15) is 60.7 Å². The van der Waals surface area contributed by atoms with Crippen molar-refractivity contribution in [1.82, 2.24) is 36.4 Å². The van der Waals surface area contributed by atoms with Crippen LogP contribution in [0.4, 0.5) is 0 Å². The third kappa shape index (κ3) is 25.6. The van der Waals surface area contributed by atoms with Crippen LogP contribution < -0.4 is 32.3 Å². The van der Waals surface area contributed by atoms with Gasteiger partial charge in [-0.15, -0.1) is 0 Å². The molecule has 0 aromatic heterocycles. The molecular weight excluding hydrogens is 1160 g/mol. The fraction of sp³-hybridized carbons (Fsp3) is 0.860. The van der Waals surface area contributed by atoms with Crippen molar-refractivity contribution in [3.05, 3.63) is 0 Å². The minimum Gasteiger partial charge on any atom is -0.388 e. The number of unbranched alkanes of at least 4 members (excludes halogenated alkanes) is 5. The van der Waals surface area contributed by atoms with Crippen molar-refractivity contribution in [3.63, 3.8) is 0 Å². The van der Waals surface area contributed by atoms with Gasteiger partial charge in [0, 0.05) is 64.4 Å². The maximum Gasteiger partial charge on any atom is 0.234 e. The summed E-state index contributed by atoms with van der Waals surface area (Å²) in [4.78, 5) is 108. The monoisotopic (exact) mass is 1260 g/mol. The van der Waals surface area contributed by atoms with Gasteiger partial charge in [0.15, 0.2) is 24.7 Å². The Balaban J connectivity index is 1.26. The Bertz CT molecular complexity index is 2110. The van der Waals surface area contributed by atoms with Gasteiger partial charge in [0.05, 0.1) is 69.7 Å². The van der Waals surface area contributed by atoms with Gasteiger partial charge in [-0.3, -0.25) is 43.3 Å². The summed E-state index contributed by atoms with van der Waals surface area (Å²) in [5.74, 6) is -4.52. The second-order valence-electron chi connectivity index (χ2n) is 23.3.